The lowest BCUT2D eigenvalue weighted by Crippen LogP contribution is -2.20. The van der Waals surface area contributed by atoms with E-state index in [0.29, 0.717) is 41.7 Å². The van der Waals surface area contributed by atoms with Crippen molar-refractivity contribution >= 4 is 17.3 Å². The van der Waals surface area contributed by atoms with E-state index < -0.39 is 11.9 Å². The lowest BCUT2D eigenvalue weighted by molar-refractivity contribution is -0.137. The lowest BCUT2D eigenvalue weighted by Gasteiger charge is -2.29. The molecule has 10 heteroatoms. The third-order valence-corrected chi connectivity index (χ3v) is 7.78. The number of carboxylic acids is 1. The molecule has 0 aromatic heterocycles. The van der Waals surface area contributed by atoms with Gasteiger partial charge in [-0.1, -0.05) is 67.4 Å². The molecule has 0 saturated carbocycles. The van der Waals surface area contributed by atoms with Crippen LogP contribution < -0.4 is 33.9 Å². The summed E-state index contributed by atoms with van der Waals surface area (Å²) in [6.45, 7) is 15.0. The van der Waals surface area contributed by atoms with Crippen molar-refractivity contribution in [1.82, 2.24) is 0 Å². The molecule has 0 radical (unpaired) electrons. The first-order chi connectivity index (χ1) is 25.1. The molecule has 3 aromatic rings. The van der Waals surface area contributed by atoms with E-state index in [0.717, 1.165) is 40.0 Å². The fraction of sp³-hybridized carbons (Fsp3) is 0.548. The Kier molecular flexibility index (Phi) is 28.0. The van der Waals surface area contributed by atoms with Crippen molar-refractivity contribution in [2.24, 2.45) is 0 Å². The number of benzene rings is 3. The van der Waals surface area contributed by atoms with E-state index in [1.54, 1.807) is 49.8 Å². The van der Waals surface area contributed by atoms with E-state index in [1.165, 1.54) is 12.8 Å². The van der Waals surface area contributed by atoms with Crippen LogP contribution in [0.2, 0.25) is 0 Å². The van der Waals surface area contributed by atoms with Crippen molar-refractivity contribution in [3.63, 3.8) is 0 Å². The first-order valence-corrected chi connectivity index (χ1v) is 18.3. The second kappa shape index (κ2) is 29.3. The molecule has 52 heavy (non-hydrogen) atoms. The summed E-state index contributed by atoms with van der Waals surface area (Å²) in [6, 6.07) is 13.9. The average Bonchev–Trinajstić information content (AvgIpc) is 3.19. The largest absolute Gasteiger partial charge is 0.496 e. The second-order valence-electron chi connectivity index (χ2n) is 11.0. The van der Waals surface area contributed by atoms with Crippen LogP contribution in [0.1, 0.15) is 102 Å². The molecule has 296 valence electrons. The van der Waals surface area contributed by atoms with Crippen molar-refractivity contribution in [1.29, 1.82) is 0 Å². The molecular formula is C42H70N2O8. The molecule has 0 aliphatic carbocycles. The highest BCUT2D eigenvalue weighted by molar-refractivity contribution is 5.70. The molecule has 0 amide bonds. The average molecular weight is 731 g/mol. The highest BCUT2D eigenvalue weighted by atomic mass is 16.5. The Bertz CT molecular complexity index is 1340. The Morgan fingerprint density at radius 2 is 1.13 bits per heavy atom. The standard InChI is InChI=1S/C32H42N2O7.C4H10.C2H6O.2C2H6/c1-9-20-15-25(38-5)31(26(16-20)39-6)30(23-13-12-21(33-2)17-24(23)37-4)32-27(40-7)18-22(19-28(32)41-8)34(3)14-10-11-29(35)36;1-3-4-2;1-3-2;2*1-2/h12-13,15-19,30,33H,9-11,14H2,1-8H3,(H,35,36);3-4H2,1-2H3;1-2H3;2*1-2H3. The van der Waals surface area contributed by atoms with Gasteiger partial charge in [-0.25, -0.2) is 0 Å². The Morgan fingerprint density at radius 1 is 0.712 bits per heavy atom. The smallest absolute Gasteiger partial charge is 0.303 e. The van der Waals surface area contributed by atoms with Crippen molar-refractivity contribution < 1.29 is 38.3 Å². The Labute approximate surface area is 315 Å². The van der Waals surface area contributed by atoms with Gasteiger partial charge in [0.05, 0.1) is 41.5 Å². The fourth-order valence-corrected chi connectivity index (χ4v) is 5.07. The molecular weight excluding hydrogens is 660 g/mol. The van der Waals surface area contributed by atoms with Gasteiger partial charge in [-0.05, 0) is 36.6 Å². The van der Waals surface area contributed by atoms with Crippen LogP contribution in [-0.4, -0.2) is 81.5 Å². The van der Waals surface area contributed by atoms with Crippen LogP contribution >= 0.6 is 0 Å². The van der Waals surface area contributed by atoms with E-state index in [-0.39, 0.29) is 6.42 Å². The minimum absolute atomic E-state index is 0.0918. The molecule has 0 saturated heterocycles. The van der Waals surface area contributed by atoms with Crippen molar-refractivity contribution in [3.05, 3.63) is 64.7 Å². The summed E-state index contributed by atoms with van der Waals surface area (Å²) >= 11 is 0. The molecule has 0 heterocycles. The number of hydrogen-bond donors (Lipinski definition) is 2. The van der Waals surface area contributed by atoms with Gasteiger partial charge in [0.25, 0.3) is 0 Å². The summed E-state index contributed by atoms with van der Waals surface area (Å²) in [5, 5.41) is 12.3. The van der Waals surface area contributed by atoms with Crippen molar-refractivity contribution in [2.75, 3.05) is 80.6 Å². The SMILES string of the molecule is CC.CC.CCCC.CCc1cc(OC)c(C(c2ccc(NC)cc2OC)c2c(OC)cc(N(C)CCCC(=O)O)cc2OC)c(OC)c1.COC. The minimum Gasteiger partial charge on any atom is -0.496 e. The summed E-state index contributed by atoms with van der Waals surface area (Å²) < 4.78 is 34.2. The van der Waals surface area contributed by atoms with Gasteiger partial charge in [-0.15, -0.1) is 0 Å². The summed E-state index contributed by atoms with van der Waals surface area (Å²) in [5.74, 6) is 1.92. The number of aliphatic carboxylic acids is 1. The maximum atomic E-state index is 11.1. The van der Waals surface area contributed by atoms with Crippen LogP contribution in [0.4, 0.5) is 11.4 Å². The van der Waals surface area contributed by atoms with Gasteiger partial charge in [-0.2, -0.15) is 0 Å². The number of anilines is 2. The van der Waals surface area contributed by atoms with E-state index in [1.807, 2.05) is 89.2 Å². The molecule has 1 atom stereocenters. The number of carboxylic acid groups (broad SMARTS) is 1. The zero-order chi connectivity index (χ0) is 40.2. The molecule has 1 unspecified atom stereocenters. The van der Waals surface area contributed by atoms with Gasteiger partial charge >= 0.3 is 5.97 Å². The van der Waals surface area contributed by atoms with Gasteiger partial charge in [0.2, 0.25) is 0 Å². The van der Waals surface area contributed by atoms with E-state index >= 15 is 0 Å². The number of unbranched alkanes of at least 4 members (excludes halogenated alkanes) is 1. The zero-order valence-electron chi connectivity index (χ0n) is 35.1. The molecule has 0 fully saturated rings. The number of aryl methyl sites for hydroxylation is 1. The molecule has 0 aliphatic heterocycles. The molecule has 0 bridgehead atoms. The molecule has 0 aliphatic rings. The highest BCUT2D eigenvalue weighted by Gasteiger charge is 2.33. The topological polar surface area (TPSA) is 108 Å². The lowest BCUT2D eigenvalue weighted by atomic mass is 9.81. The van der Waals surface area contributed by atoms with Gasteiger partial charge in [0.15, 0.2) is 0 Å². The van der Waals surface area contributed by atoms with Crippen molar-refractivity contribution in [2.45, 2.75) is 86.5 Å². The third-order valence-electron chi connectivity index (χ3n) is 7.78. The summed E-state index contributed by atoms with van der Waals surface area (Å²) in [5.41, 5.74) is 5.27. The first kappa shape index (κ1) is 49.8. The number of nitrogens with one attached hydrogen (secondary N) is 1. The highest BCUT2D eigenvalue weighted by Crippen LogP contribution is 2.52. The van der Waals surface area contributed by atoms with Crippen LogP contribution in [0.5, 0.6) is 28.7 Å². The summed E-state index contributed by atoms with van der Waals surface area (Å²) in [7, 11) is 15.2. The Morgan fingerprint density at radius 3 is 1.48 bits per heavy atom. The van der Waals surface area contributed by atoms with Crippen molar-refractivity contribution in [3.8, 4) is 28.7 Å². The second-order valence-corrected chi connectivity index (χ2v) is 11.0. The summed E-state index contributed by atoms with van der Waals surface area (Å²) in [4.78, 5) is 13.0. The van der Waals surface area contributed by atoms with Crippen LogP contribution in [-0.2, 0) is 16.0 Å². The number of hydrogen-bond acceptors (Lipinski definition) is 9. The van der Waals surface area contributed by atoms with Gasteiger partial charge < -0.3 is 43.7 Å². The van der Waals surface area contributed by atoms with E-state index in [2.05, 4.69) is 30.8 Å². The monoisotopic (exact) mass is 731 g/mol. The Balaban J connectivity index is 0. The van der Waals surface area contributed by atoms with Crippen LogP contribution in [0.15, 0.2) is 42.5 Å². The molecule has 3 rings (SSSR count). The Hall–Kier alpha value is -4.31. The molecule has 3 aromatic carbocycles. The fourth-order valence-electron chi connectivity index (χ4n) is 5.07. The quantitative estimate of drug-likeness (QED) is 0.138. The third kappa shape index (κ3) is 15.1. The number of ether oxygens (including phenoxy) is 6. The molecule has 2 N–H and O–H groups in total. The number of rotatable bonds is 16. The van der Waals surface area contributed by atoms with Crippen LogP contribution in [0.3, 0.4) is 0 Å². The maximum absolute atomic E-state index is 11.1. The number of nitrogens with zero attached hydrogens (tertiary/aromatic N) is 1. The normalized spacial score (nSPS) is 10.2. The van der Waals surface area contributed by atoms with Gasteiger partial charge in [0, 0.05) is 87.5 Å². The van der Waals surface area contributed by atoms with Gasteiger partial charge in [-0.3, -0.25) is 4.79 Å². The minimum atomic E-state index is -0.818. The van der Waals surface area contributed by atoms with E-state index in [4.69, 9.17) is 28.8 Å². The van der Waals surface area contributed by atoms with E-state index in [9.17, 15) is 4.79 Å². The number of carbonyl (C=O) groups is 1. The van der Waals surface area contributed by atoms with Crippen LogP contribution in [0.25, 0.3) is 0 Å². The zero-order valence-corrected chi connectivity index (χ0v) is 35.1. The predicted octanol–water partition coefficient (Wildman–Crippen LogP) is 9.94. The van der Waals surface area contributed by atoms with Gasteiger partial charge in [0.1, 0.15) is 28.7 Å². The first-order valence-electron chi connectivity index (χ1n) is 18.3. The number of methoxy groups -OCH3 is 6. The van der Waals surface area contributed by atoms with Crippen LogP contribution in [0, 0.1) is 0 Å². The molecule has 0 spiro atoms. The summed E-state index contributed by atoms with van der Waals surface area (Å²) in [6.07, 6.45) is 4.05. The maximum Gasteiger partial charge on any atom is 0.303 e. The molecule has 10 nitrogen and oxygen atoms in total. The predicted molar refractivity (Wildman–Crippen MR) is 218 cm³/mol.